The van der Waals surface area contributed by atoms with Crippen LogP contribution in [0.3, 0.4) is 0 Å². The Balaban J connectivity index is 3.70. The maximum atomic E-state index is 11.5. The van der Waals surface area contributed by atoms with Crippen molar-refractivity contribution in [1.82, 2.24) is 0 Å². The second kappa shape index (κ2) is 7.50. The molecule has 1 atom stereocenters. The molecule has 1 aromatic carbocycles. The van der Waals surface area contributed by atoms with Crippen LogP contribution in [0.1, 0.15) is 56.4 Å². The molecular weight excluding hydrogens is 308 g/mol. The van der Waals surface area contributed by atoms with Crippen LogP contribution in [0, 0.1) is 32.6 Å². The van der Waals surface area contributed by atoms with E-state index in [1.165, 1.54) is 13.8 Å². The van der Waals surface area contributed by atoms with Crippen LogP contribution in [0.15, 0.2) is 0 Å². The zero-order valence-corrected chi connectivity index (χ0v) is 15.3. The molecule has 5 nitrogen and oxygen atoms in total. The normalized spacial score (nSPS) is 12.7. The van der Waals surface area contributed by atoms with Crippen molar-refractivity contribution in [3.63, 3.8) is 0 Å². The maximum Gasteiger partial charge on any atom is 0.308 e. The van der Waals surface area contributed by atoms with Gasteiger partial charge in [0.15, 0.2) is 0 Å². The number of carbonyl (C=O) groups is 2. The van der Waals surface area contributed by atoms with E-state index in [1.54, 1.807) is 27.7 Å². The van der Waals surface area contributed by atoms with Crippen molar-refractivity contribution in [2.75, 3.05) is 0 Å². The number of benzene rings is 1. The molecule has 0 saturated heterocycles. The highest BCUT2D eigenvalue weighted by molar-refractivity contribution is 5.76. The number of hydrogen-bond donors (Lipinski definition) is 1. The minimum Gasteiger partial charge on any atom is -0.426 e. The minimum atomic E-state index is -1.17. The maximum absolute atomic E-state index is 11.5. The van der Waals surface area contributed by atoms with Crippen LogP contribution in [0.5, 0.6) is 11.5 Å². The first-order valence-electron chi connectivity index (χ1n) is 7.76. The zero-order valence-electron chi connectivity index (χ0n) is 15.3. The van der Waals surface area contributed by atoms with E-state index in [2.05, 4.69) is 11.8 Å². The van der Waals surface area contributed by atoms with Gasteiger partial charge in [0, 0.05) is 19.4 Å². The highest BCUT2D eigenvalue weighted by atomic mass is 16.5. The fourth-order valence-corrected chi connectivity index (χ4v) is 2.10. The molecule has 5 heteroatoms. The van der Waals surface area contributed by atoms with Crippen molar-refractivity contribution < 1.29 is 24.2 Å². The predicted octanol–water partition coefficient (Wildman–Crippen LogP) is 2.97. The molecule has 1 aromatic rings. The molecule has 1 rings (SSSR count). The second-order valence-corrected chi connectivity index (χ2v) is 5.97. The van der Waals surface area contributed by atoms with Crippen molar-refractivity contribution in [2.45, 2.75) is 60.5 Å². The van der Waals surface area contributed by atoms with E-state index >= 15 is 0 Å². The summed E-state index contributed by atoms with van der Waals surface area (Å²) in [6, 6.07) is 0. The van der Waals surface area contributed by atoms with E-state index in [0.717, 1.165) is 0 Å². The molecule has 130 valence electrons. The highest BCUT2D eigenvalue weighted by Gasteiger charge is 2.22. The molecule has 0 aromatic heterocycles. The Morgan fingerprint density at radius 3 is 1.92 bits per heavy atom. The molecule has 0 heterocycles. The third kappa shape index (κ3) is 4.59. The molecular formula is C19H24O5. The van der Waals surface area contributed by atoms with Gasteiger partial charge < -0.3 is 14.6 Å². The first-order chi connectivity index (χ1) is 11.0. The lowest BCUT2D eigenvalue weighted by Gasteiger charge is -2.18. The van der Waals surface area contributed by atoms with Crippen LogP contribution in [0.25, 0.3) is 0 Å². The first kappa shape index (κ1) is 19.7. The summed E-state index contributed by atoms with van der Waals surface area (Å²) in [4.78, 5) is 22.8. The van der Waals surface area contributed by atoms with Crippen molar-refractivity contribution in [3.8, 4) is 23.3 Å². The summed E-state index contributed by atoms with van der Waals surface area (Å²) >= 11 is 0. The fraction of sp³-hybridized carbons (Fsp3) is 0.474. The number of esters is 2. The summed E-state index contributed by atoms with van der Waals surface area (Å²) in [6.07, 6.45) is 0.448. The smallest absolute Gasteiger partial charge is 0.308 e. The molecule has 0 aliphatic carbocycles. The second-order valence-electron chi connectivity index (χ2n) is 5.97. The van der Waals surface area contributed by atoms with Gasteiger partial charge >= 0.3 is 11.9 Å². The summed E-state index contributed by atoms with van der Waals surface area (Å²) in [5, 5.41) is 10.1. The Morgan fingerprint density at radius 2 is 1.46 bits per heavy atom. The number of rotatable bonds is 3. The highest BCUT2D eigenvalue weighted by Crippen LogP contribution is 2.37. The van der Waals surface area contributed by atoms with Gasteiger partial charge in [0.05, 0.1) is 5.56 Å². The molecule has 0 bridgehead atoms. The topological polar surface area (TPSA) is 72.8 Å². The summed E-state index contributed by atoms with van der Waals surface area (Å²) in [7, 11) is 0. The van der Waals surface area contributed by atoms with Crippen molar-refractivity contribution in [2.24, 2.45) is 0 Å². The summed E-state index contributed by atoms with van der Waals surface area (Å²) in [5.74, 6) is 5.48. The van der Waals surface area contributed by atoms with Gasteiger partial charge in [-0.2, -0.15) is 0 Å². The van der Waals surface area contributed by atoms with Crippen LogP contribution < -0.4 is 9.47 Å². The van der Waals surface area contributed by atoms with Crippen molar-refractivity contribution in [3.05, 3.63) is 22.3 Å². The fourth-order valence-electron chi connectivity index (χ4n) is 2.10. The van der Waals surface area contributed by atoms with Gasteiger partial charge in [-0.3, -0.25) is 9.59 Å². The van der Waals surface area contributed by atoms with E-state index < -0.39 is 17.5 Å². The van der Waals surface area contributed by atoms with Gasteiger partial charge in [0.2, 0.25) is 0 Å². The van der Waals surface area contributed by atoms with E-state index in [1.807, 2.05) is 6.92 Å². The molecule has 1 N–H and O–H groups in total. The molecule has 0 amide bonds. The summed E-state index contributed by atoms with van der Waals surface area (Å²) < 4.78 is 10.6. The standard InChI is InChI=1S/C19H24O5/c1-8-19(7,22)10-9-16-13(4)17(23-14(5)20)11(2)12(3)18(16)24-15(6)21/h22H,8H2,1-7H3. The molecule has 0 aliphatic heterocycles. The number of carbonyl (C=O) groups excluding carboxylic acids is 2. The number of aliphatic hydroxyl groups is 1. The SMILES string of the molecule is CCC(C)(O)C#Cc1c(C)c(OC(C)=O)c(C)c(C)c1OC(C)=O. The number of ether oxygens (including phenoxy) is 2. The number of hydrogen-bond acceptors (Lipinski definition) is 5. The van der Waals surface area contributed by atoms with Gasteiger partial charge in [-0.15, -0.1) is 0 Å². The molecule has 0 aliphatic rings. The van der Waals surface area contributed by atoms with Crippen LogP contribution in [-0.4, -0.2) is 22.6 Å². The van der Waals surface area contributed by atoms with Crippen LogP contribution in [-0.2, 0) is 9.59 Å². The minimum absolute atomic E-state index is 0.327. The Hall–Kier alpha value is -2.32. The van der Waals surface area contributed by atoms with E-state index in [4.69, 9.17) is 9.47 Å². The van der Waals surface area contributed by atoms with Crippen LogP contribution in [0.4, 0.5) is 0 Å². The molecule has 0 fully saturated rings. The van der Waals surface area contributed by atoms with Gasteiger partial charge in [-0.25, -0.2) is 0 Å². The van der Waals surface area contributed by atoms with Gasteiger partial charge in [-0.05, 0) is 45.2 Å². The van der Waals surface area contributed by atoms with E-state index in [-0.39, 0.29) is 0 Å². The van der Waals surface area contributed by atoms with Crippen LogP contribution >= 0.6 is 0 Å². The lowest BCUT2D eigenvalue weighted by molar-refractivity contribution is -0.133. The average Bonchev–Trinajstić information content (AvgIpc) is 2.48. The van der Waals surface area contributed by atoms with Gasteiger partial charge in [0.25, 0.3) is 0 Å². The third-order valence-corrected chi connectivity index (χ3v) is 3.82. The zero-order chi connectivity index (χ0) is 18.7. The Bertz CT molecular complexity index is 733. The summed E-state index contributed by atoms with van der Waals surface area (Å²) in [6.45, 7) is 11.3. The summed E-state index contributed by atoms with van der Waals surface area (Å²) in [5.41, 5.74) is 1.21. The van der Waals surface area contributed by atoms with Crippen molar-refractivity contribution in [1.29, 1.82) is 0 Å². The monoisotopic (exact) mass is 332 g/mol. The third-order valence-electron chi connectivity index (χ3n) is 3.82. The quantitative estimate of drug-likeness (QED) is 0.523. The molecule has 1 unspecified atom stereocenters. The van der Waals surface area contributed by atoms with Crippen LogP contribution in [0.2, 0.25) is 0 Å². The first-order valence-corrected chi connectivity index (χ1v) is 7.76. The largest absolute Gasteiger partial charge is 0.426 e. The Morgan fingerprint density at radius 1 is 1.00 bits per heavy atom. The van der Waals surface area contributed by atoms with E-state index in [9.17, 15) is 14.7 Å². The van der Waals surface area contributed by atoms with E-state index in [0.29, 0.717) is 40.2 Å². The van der Waals surface area contributed by atoms with Gasteiger partial charge in [0.1, 0.15) is 17.1 Å². The van der Waals surface area contributed by atoms with Crippen molar-refractivity contribution >= 4 is 11.9 Å². The molecule has 0 spiro atoms. The predicted molar refractivity (Wildman–Crippen MR) is 91.1 cm³/mol. The molecule has 24 heavy (non-hydrogen) atoms. The lowest BCUT2D eigenvalue weighted by atomic mass is 9.96. The lowest BCUT2D eigenvalue weighted by Crippen LogP contribution is -2.19. The molecule has 0 radical (unpaired) electrons. The Labute approximate surface area is 143 Å². The Kier molecular flexibility index (Phi) is 6.16. The van der Waals surface area contributed by atoms with Gasteiger partial charge in [-0.1, -0.05) is 18.8 Å². The molecule has 0 saturated carbocycles. The average molecular weight is 332 g/mol.